The Balaban J connectivity index is 1.95. The lowest BCUT2D eigenvalue weighted by atomic mass is 10.2. The predicted octanol–water partition coefficient (Wildman–Crippen LogP) is -0.197. The highest BCUT2D eigenvalue weighted by molar-refractivity contribution is 5.65. The van der Waals surface area contributed by atoms with Gasteiger partial charge in [-0.1, -0.05) is 0 Å². The Kier molecular flexibility index (Phi) is 2.74. The van der Waals surface area contributed by atoms with Crippen molar-refractivity contribution >= 4 is 17.6 Å². The lowest BCUT2D eigenvalue weighted by Gasteiger charge is -2.34. The molecule has 1 aromatic heterocycles. The Labute approximate surface area is 107 Å². The highest BCUT2D eigenvalue weighted by Gasteiger charge is 2.26. The molecule has 0 bridgehead atoms. The average molecular weight is 248 g/mol. The lowest BCUT2D eigenvalue weighted by Crippen LogP contribution is -2.45. The molecule has 18 heavy (non-hydrogen) atoms. The van der Waals surface area contributed by atoms with Gasteiger partial charge in [-0.3, -0.25) is 0 Å². The summed E-state index contributed by atoms with van der Waals surface area (Å²) in [6.45, 7) is 5.20. The van der Waals surface area contributed by atoms with Crippen LogP contribution in [0.25, 0.3) is 0 Å². The normalized spacial score (nSPS) is 20.3. The number of aromatic nitrogens is 2. The van der Waals surface area contributed by atoms with Gasteiger partial charge in [-0.2, -0.15) is 9.97 Å². The Hall–Kier alpha value is -1.56. The van der Waals surface area contributed by atoms with Crippen molar-refractivity contribution in [1.82, 2.24) is 14.9 Å². The van der Waals surface area contributed by atoms with Crippen molar-refractivity contribution in [2.75, 3.05) is 62.4 Å². The topological polar surface area (TPSA) is 61.5 Å². The predicted molar refractivity (Wildman–Crippen MR) is 73.1 cm³/mol. The fourth-order valence-corrected chi connectivity index (χ4v) is 2.68. The average Bonchev–Trinajstić information content (AvgIpc) is 2.71. The monoisotopic (exact) mass is 248 g/mol. The van der Waals surface area contributed by atoms with Crippen molar-refractivity contribution in [2.24, 2.45) is 0 Å². The van der Waals surface area contributed by atoms with Crippen LogP contribution < -0.4 is 15.5 Å². The number of nitrogens with two attached hydrogens (primary N) is 1. The minimum atomic E-state index is 0.386. The summed E-state index contributed by atoms with van der Waals surface area (Å²) in [6.07, 6.45) is 1.02. The number of nitrogen functional groups attached to an aromatic ring is 1. The molecule has 1 aromatic rings. The molecule has 6 heteroatoms. The second-order valence-electron chi connectivity index (χ2n) is 5.17. The van der Waals surface area contributed by atoms with Crippen molar-refractivity contribution in [2.45, 2.75) is 6.42 Å². The Morgan fingerprint density at radius 1 is 0.944 bits per heavy atom. The minimum Gasteiger partial charge on any atom is -0.368 e. The highest BCUT2D eigenvalue weighted by Crippen LogP contribution is 2.32. The number of nitrogens with zero attached hydrogens (tertiary/aromatic N) is 5. The molecule has 0 radical (unpaired) electrons. The number of hydrogen-bond donors (Lipinski definition) is 1. The van der Waals surface area contributed by atoms with E-state index in [-0.39, 0.29) is 0 Å². The van der Waals surface area contributed by atoms with E-state index in [0.29, 0.717) is 5.95 Å². The smallest absolute Gasteiger partial charge is 0.223 e. The second kappa shape index (κ2) is 4.28. The van der Waals surface area contributed by atoms with E-state index >= 15 is 0 Å². The Morgan fingerprint density at radius 3 is 2.33 bits per heavy atom. The molecule has 2 aliphatic heterocycles. The van der Waals surface area contributed by atoms with E-state index in [1.165, 1.54) is 5.56 Å². The van der Waals surface area contributed by atoms with E-state index in [9.17, 15) is 0 Å². The zero-order chi connectivity index (χ0) is 12.7. The molecular formula is C12H20N6. The number of fused-ring (bicyclic) bond motifs is 1. The molecule has 0 amide bonds. The first-order valence-corrected chi connectivity index (χ1v) is 6.46. The maximum absolute atomic E-state index is 5.84. The third kappa shape index (κ3) is 1.86. The fourth-order valence-electron chi connectivity index (χ4n) is 2.68. The number of hydrogen-bond acceptors (Lipinski definition) is 6. The maximum atomic E-state index is 5.84. The van der Waals surface area contributed by atoms with Crippen molar-refractivity contribution in [3.63, 3.8) is 0 Å². The van der Waals surface area contributed by atoms with Crippen molar-refractivity contribution in [1.29, 1.82) is 0 Å². The number of likely N-dealkylation sites (N-methyl/N-ethyl adjacent to an activating group) is 2. The van der Waals surface area contributed by atoms with Gasteiger partial charge in [-0.15, -0.1) is 0 Å². The van der Waals surface area contributed by atoms with Crippen LogP contribution in [-0.4, -0.2) is 61.7 Å². The summed E-state index contributed by atoms with van der Waals surface area (Å²) in [5.74, 6) is 2.45. The van der Waals surface area contributed by atoms with Gasteiger partial charge < -0.3 is 20.4 Å². The summed E-state index contributed by atoms with van der Waals surface area (Å²) in [4.78, 5) is 15.7. The van der Waals surface area contributed by atoms with Gasteiger partial charge in [-0.25, -0.2) is 0 Å². The molecule has 0 aliphatic carbocycles. The van der Waals surface area contributed by atoms with Crippen LogP contribution in [0.4, 0.5) is 17.6 Å². The van der Waals surface area contributed by atoms with Gasteiger partial charge in [0.1, 0.15) is 11.6 Å². The lowest BCUT2D eigenvalue weighted by molar-refractivity contribution is 0.312. The standard InChI is InChI=1S/C12H20N6/c1-16-5-7-18(8-6-16)11-9-3-4-17(2)10(9)14-12(13)15-11/h3-8H2,1-2H3,(H2,13,14,15). The van der Waals surface area contributed by atoms with E-state index in [0.717, 1.165) is 50.8 Å². The molecule has 0 unspecified atom stereocenters. The van der Waals surface area contributed by atoms with E-state index in [4.69, 9.17) is 5.73 Å². The molecule has 0 atom stereocenters. The molecule has 98 valence electrons. The van der Waals surface area contributed by atoms with Gasteiger partial charge in [0.2, 0.25) is 5.95 Å². The second-order valence-corrected chi connectivity index (χ2v) is 5.17. The molecule has 0 aromatic carbocycles. The van der Waals surface area contributed by atoms with Crippen LogP contribution in [0.3, 0.4) is 0 Å². The molecule has 2 N–H and O–H groups in total. The summed E-state index contributed by atoms with van der Waals surface area (Å²) in [5, 5.41) is 0. The van der Waals surface area contributed by atoms with Crippen LogP contribution in [0.15, 0.2) is 0 Å². The van der Waals surface area contributed by atoms with Gasteiger partial charge in [0, 0.05) is 45.3 Å². The van der Waals surface area contributed by atoms with Crippen molar-refractivity contribution < 1.29 is 0 Å². The SMILES string of the molecule is CN1CCN(c2nc(N)nc3c2CCN3C)CC1. The molecule has 0 saturated carbocycles. The maximum Gasteiger partial charge on any atom is 0.223 e. The van der Waals surface area contributed by atoms with Crippen LogP contribution in [0, 0.1) is 0 Å². The highest BCUT2D eigenvalue weighted by atomic mass is 15.3. The fraction of sp³-hybridized carbons (Fsp3) is 0.667. The van der Waals surface area contributed by atoms with E-state index in [1.54, 1.807) is 0 Å². The van der Waals surface area contributed by atoms with E-state index in [1.807, 2.05) is 0 Å². The zero-order valence-corrected chi connectivity index (χ0v) is 11.1. The summed E-state index contributed by atoms with van der Waals surface area (Å²) in [6, 6.07) is 0. The molecular weight excluding hydrogens is 228 g/mol. The largest absolute Gasteiger partial charge is 0.368 e. The molecule has 0 spiro atoms. The van der Waals surface area contributed by atoms with Gasteiger partial charge in [0.15, 0.2) is 0 Å². The van der Waals surface area contributed by atoms with Gasteiger partial charge >= 0.3 is 0 Å². The summed E-state index contributed by atoms with van der Waals surface area (Å²) >= 11 is 0. The van der Waals surface area contributed by atoms with Gasteiger partial charge in [0.25, 0.3) is 0 Å². The van der Waals surface area contributed by atoms with Crippen LogP contribution in [0.2, 0.25) is 0 Å². The quantitative estimate of drug-likeness (QED) is 0.743. The van der Waals surface area contributed by atoms with Crippen LogP contribution in [0.1, 0.15) is 5.56 Å². The first kappa shape index (κ1) is 11.5. The van der Waals surface area contributed by atoms with Crippen molar-refractivity contribution in [3.8, 4) is 0 Å². The summed E-state index contributed by atoms with van der Waals surface area (Å²) < 4.78 is 0. The molecule has 1 fully saturated rings. The summed E-state index contributed by atoms with van der Waals surface area (Å²) in [5.41, 5.74) is 7.10. The first-order valence-electron chi connectivity index (χ1n) is 6.46. The van der Waals surface area contributed by atoms with Gasteiger partial charge in [-0.05, 0) is 13.5 Å². The Morgan fingerprint density at radius 2 is 1.61 bits per heavy atom. The summed E-state index contributed by atoms with van der Waals surface area (Å²) in [7, 11) is 4.22. The molecule has 2 aliphatic rings. The zero-order valence-electron chi connectivity index (χ0n) is 11.1. The van der Waals surface area contributed by atoms with Crippen molar-refractivity contribution in [3.05, 3.63) is 5.56 Å². The van der Waals surface area contributed by atoms with Gasteiger partial charge in [0.05, 0.1) is 0 Å². The van der Waals surface area contributed by atoms with Crippen LogP contribution >= 0.6 is 0 Å². The Bertz CT molecular complexity index is 452. The van der Waals surface area contributed by atoms with E-state index < -0.39 is 0 Å². The molecule has 1 saturated heterocycles. The first-order chi connectivity index (χ1) is 8.65. The third-order valence-electron chi connectivity index (χ3n) is 3.84. The molecule has 3 heterocycles. The third-order valence-corrected chi connectivity index (χ3v) is 3.84. The number of rotatable bonds is 1. The molecule has 3 rings (SSSR count). The molecule has 6 nitrogen and oxygen atoms in total. The van der Waals surface area contributed by atoms with Crippen LogP contribution in [0.5, 0.6) is 0 Å². The van der Waals surface area contributed by atoms with Crippen LogP contribution in [-0.2, 0) is 6.42 Å². The number of anilines is 3. The number of piperazine rings is 1. The van der Waals surface area contributed by atoms with E-state index in [2.05, 4.69) is 38.8 Å². The minimum absolute atomic E-state index is 0.386.